The van der Waals surface area contributed by atoms with Gasteiger partial charge in [-0.3, -0.25) is 9.69 Å². The minimum atomic E-state index is 0. The lowest BCUT2D eigenvalue weighted by molar-refractivity contribution is 0.0629. The molecule has 1 amide bonds. The standard InChI is InChI=1S/C18H20ClN3OS.2ClH/c19-17-4-2-15(24-17)12-21-7-9-22(10-8-21)18(23)14-1-3-16-13(11-14)5-6-20-16;;/h1-4,11,20H,5-10,12H2;2*1H. The van der Waals surface area contributed by atoms with Gasteiger partial charge in [0.1, 0.15) is 0 Å². The van der Waals surface area contributed by atoms with Crippen LogP contribution in [-0.2, 0) is 13.0 Å². The van der Waals surface area contributed by atoms with E-state index in [1.54, 1.807) is 11.3 Å². The van der Waals surface area contributed by atoms with Gasteiger partial charge in [0.25, 0.3) is 5.91 Å². The number of thiophene rings is 1. The van der Waals surface area contributed by atoms with Gasteiger partial charge in [0.2, 0.25) is 0 Å². The second-order valence-corrected chi connectivity index (χ2v) is 8.12. The Morgan fingerprint density at radius 1 is 1.12 bits per heavy atom. The summed E-state index contributed by atoms with van der Waals surface area (Å²) in [4.78, 5) is 18.4. The van der Waals surface area contributed by atoms with Crippen molar-refractivity contribution in [2.24, 2.45) is 0 Å². The monoisotopic (exact) mass is 433 g/mol. The molecule has 0 radical (unpaired) electrons. The Labute approximate surface area is 175 Å². The molecule has 142 valence electrons. The smallest absolute Gasteiger partial charge is 0.253 e. The molecular formula is C18H22Cl3N3OS. The van der Waals surface area contributed by atoms with Crippen LogP contribution in [0.15, 0.2) is 30.3 Å². The van der Waals surface area contributed by atoms with Crippen molar-refractivity contribution in [3.63, 3.8) is 0 Å². The zero-order valence-electron chi connectivity index (χ0n) is 14.2. The van der Waals surface area contributed by atoms with Crippen LogP contribution >= 0.6 is 47.8 Å². The van der Waals surface area contributed by atoms with Gasteiger partial charge in [-0.15, -0.1) is 36.2 Å². The van der Waals surface area contributed by atoms with Gasteiger partial charge in [-0.25, -0.2) is 0 Å². The van der Waals surface area contributed by atoms with Crippen LogP contribution in [-0.4, -0.2) is 48.4 Å². The maximum Gasteiger partial charge on any atom is 0.253 e. The minimum Gasteiger partial charge on any atom is -0.384 e. The number of rotatable bonds is 3. The van der Waals surface area contributed by atoms with Crippen molar-refractivity contribution in [3.05, 3.63) is 50.7 Å². The summed E-state index contributed by atoms with van der Waals surface area (Å²) < 4.78 is 0.838. The quantitative estimate of drug-likeness (QED) is 0.787. The third-order valence-corrected chi connectivity index (χ3v) is 5.95. The molecule has 0 aliphatic carbocycles. The topological polar surface area (TPSA) is 35.6 Å². The van der Waals surface area contributed by atoms with Crippen molar-refractivity contribution in [2.45, 2.75) is 13.0 Å². The van der Waals surface area contributed by atoms with Crippen molar-refractivity contribution in [3.8, 4) is 0 Å². The lowest BCUT2D eigenvalue weighted by Crippen LogP contribution is -2.48. The number of hydrogen-bond acceptors (Lipinski definition) is 4. The molecule has 1 saturated heterocycles. The van der Waals surface area contributed by atoms with E-state index in [0.29, 0.717) is 0 Å². The van der Waals surface area contributed by atoms with Crippen molar-refractivity contribution in [2.75, 3.05) is 38.0 Å². The van der Waals surface area contributed by atoms with E-state index in [1.807, 2.05) is 23.1 Å². The second kappa shape index (κ2) is 9.29. The fraction of sp³-hybridized carbons (Fsp3) is 0.389. The van der Waals surface area contributed by atoms with E-state index in [0.717, 1.165) is 55.6 Å². The molecule has 0 atom stereocenters. The van der Waals surface area contributed by atoms with Gasteiger partial charge in [0.05, 0.1) is 4.34 Å². The van der Waals surface area contributed by atoms with Crippen LogP contribution in [0.4, 0.5) is 5.69 Å². The van der Waals surface area contributed by atoms with Crippen molar-refractivity contribution >= 4 is 59.3 Å². The first kappa shape index (κ1) is 21.3. The lowest BCUT2D eigenvalue weighted by Gasteiger charge is -2.34. The Morgan fingerprint density at radius 3 is 2.58 bits per heavy atom. The van der Waals surface area contributed by atoms with E-state index in [1.165, 1.54) is 16.1 Å². The number of fused-ring (bicyclic) bond motifs is 1. The van der Waals surface area contributed by atoms with Crippen molar-refractivity contribution < 1.29 is 4.79 Å². The summed E-state index contributed by atoms with van der Waals surface area (Å²) >= 11 is 7.63. The van der Waals surface area contributed by atoms with E-state index in [9.17, 15) is 4.79 Å². The molecule has 1 aromatic heterocycles. The molecule has 8 heteroatoms. The Kier molecular flexibility index (Phi) is 7.62. The fourth-order valence-corrected chi connectivity index (χ4v) is 4.52. The highest BCUT2D eigenvalue weighted by atomic mass is 35.5. The second-order valence-electron chi connectivity index (χ2n) is 6.32. The van der Waals surface area contributed by atoms with Crippen LogP contribution in [0.5, 0.6) is 0 Å². The van der Waals surface area contributed by atoms with Crippen LogP contribution in [0, 0.1) is 0 Å². The molecule has 2 aliphatic heterocycles. The van der Waals surface area contributed by atoms with E-state index < -0.39 is 0 Å². The SMILES string of the molecule is Cl.Cl.O=C(c1ccc2c(c1)CCN2)N1CCN(Cc2ccc(Cl)s2)CC1. The molecule has 1 N–H and O–H groups in total. The third kappa shape index (κ3) is 4.65. The molecule has 1 fully saturated rings. The summed E-state index contributed by atoms with van der Waals surface area (Å²) in [6, 6.07) is 10.1. The summed E-state index contributed by atoms with van der Waals surface area (Å²) in [5.41, 5.74) is 3.25. The number of hydrogen-bond donors (Lipinski definition) is 1. The lowest BCUT2D eigenvalue weighted by atomic mass is 10.1. The van der Waals surface area contributed by atoms with Gasteiger partial charge in [-0.2, -0.15) is 0 Å². The Hall–Kier alpha value is -0.980. The van der Waals surface area contributed by atoms with Crippen LogP contribution in [0.3, 0.4) is 0 Å². The van der Waals surface area contributed by atoms with E-state index in [-0.39, 0.29) is 30.7 Å². The van der Waals surface area contributed by atoms with Gasteiger partial charge >= 0.3 is 0 Å². The van der Waals surface area contributed by atoms with Gasteiger partial charge < -0.3 is 10.2 Å². The molecule has 26 heavy (non-hydrogen) atoms. The Morgan fingerprint density at radius 2 is 1.88 bits per heavy atom. The maximum absolute atomic E-state index is 12.7. The number of anilines is 1. The molecule has 0 unspecified atom stereocenters. The third-order valence-electron chi connectivity index (χ3n) is 4.73. The fourth-order valence-electron chi connectivity index (χ4n) is 3.39. The zero-order valence-corrected chi connectivity index (χ0v) is 17.4. The molecule has 0 bridgehead atoms. The van der Waals surface area contributed by atoms with Crippen molar-refractivity contribution in [1.29, 1.82) is 0 Å². The van der Waals surface area contributed by atoms with Gasteiger partial charge in [0, 0.05) is 55.4 Å². The van der Waals surface area contributed by atoms with Crippen LogP contribution < -0.4 is 5.32 Å². The highest BCUT2D eigenvalue weighted by Gasteiger charge is 2.23. The summed E-state index contributed by atoms with van der Waals surface area (Å²) in [5, 5.41) is 3.34. The minimum absolute atomic E-state index is 0. The van der Waals surface area contributed by atoms with Gasteiger partial charge in [-0.1, -0.05) is 11.6 Å². The molecule has 3 heterocycles. The van der Waals surface area contributed by atoms with Crippen LogP contribution in [0.1, 0.15) is 20.8 Å². The first-order valence-electron chi connectivity index (χ1n) is 8.32. The van der Waals surface area contributed by atoms with Crippen LogP contribution in [0.2, 0.25) is 4.34 Å². The average Bonchev–Trinajstić information content (AvgIpc) is 3.23. The molecule has 1 aromatic carbocycles. The van der Waals surface area contributed by atoms with Gasteiger partial charge in [-0.05, 0) is 42.3 Å². The highest BCUT2D eigenvalue weighted by Crippen LogP contribution is 2.25. The number of nitrogens with one attached hydrogen (secondary N) is 1. The van der Waals surface area contributed by atoms with Crippen LogP contribution in [0.25, 0.3) is 0 Å². The number of nitrogens with zero attached hydrogens (tertiary/aromatic N) is 2. The number of amides is 1. The summed E-state index contributed by atoms with van der Waals surface area (Å²) in [5.74, 6) is 0.156. The molecule has 2 aromatic rings. The zero-order chi connectivity index (χ0) is 16.5. The Balaban J connectivity index is 0.00000121. The Bertz CT molecular complexity index is 760. The molecule has 0 saturated carbocycles. The number of carbonyl (C=O) groups is 1. The van der Waals surface area contributed by atoms with Crippen molar-refractivity contribution in [1.82, 2.24) is 9.80 Å². The highest BCUT2D eigenvalue weighted by molar-refractivity contribution is 7.16. The molecule has 0 spiro atoms. The first-order valence-corrected chi connectivity index (χ1v) is 9.51. The number of benzene rings is 1. The molecule has 4 rings (SSSR count). The van der Waals surface area contributed by atoms with E-state index >= 15 is 0 Å². The number of carbonyl (C=O) groups excluding carboxylic acids is 1. The first-order chi connectivity index (χ1) is 11.7. The van der Waals surface area contributed by atoms with E-state index in [2.05, 4.69) is 22.3 Å². The van der Waals surface area contributed by atoms with E-state index in [4.69, 9.17) is 11.6 Å². The predicted octanol–water partition coefficient (Wildman–Crippen LogP) is 4.17. The number of piperazine rings is 1. The largest absolute Gasteiger partial charge is 0.384 e. The molecule has 4 nitrogen and oxygen atoms in total. The maximum atomic E-state index is 12.7. The summed E-state index contributed by atoms with van der Waals surface area (Å²) in [7, 11) is 0. The summed E-state index contributed by atoms with van der Waals surface area (Å²) in [6.07, 6.45) is 1.01. The molecule has 2 aliphatic rings. The predicted molar refractivity (Wildman–Crippen MR) is 114 cm³/mol. The number of halogens is 3. The average molecular weight is 435 g/mol. The summed E-state index contributed by atoms with van der Waals surface area (Å²) in [6.45, 7) is 5.28. The normalized spacial score (nSPS) is 16.3. The van der Waals surface area contributed by atoms with Gasteiger partial charge in [0.15, 0.2) is 0 Å². The molecular weight excluding hydrogens is 413 g/mol.